The van der Waals surface area contributed by atoms with E-state index in [4.69, 9.17) is 4.74 Å². The largest absolute Gasteiger partial charge is 0.455 e. The van der Waals surface area contributed by atoms with Gasteiger partial charge in [0.25, 0.3) is 0 Å². The quantitative estimate of drug-likeness (QED) is 0.415. The number of rotatable bonds is 4. The second kappa shape index (κ2) is 6.21. The van der Waals surface area contributed by atoms with E-state index in [1.807, 2.05) is 33.8 Å². The predicted molar refractivity (Wildman–Crippen MR) is 75.4 cm³/mol. The first kappa shape index (κ1) is 15.0. The molecule has 0 bridgehead atoms. The van der Waals surface area contributed by atoms with Gasteiger partial charge in [0.2, 0.25) is 0 Å². The Morgan fingerprint density at radius 3 is 2.11 bits per heavy atom. The lowest BCUT2D eigenvalue weighted by molar-refractivity contribution is -0.154. The molecule has 0 saturated heterocycles. The van der Waals surface area contributed by atoms with Gasteiger partial charge < -0.3 is 4.74 Å². The molecule has 18 heavy (non-hydrogen) atoms. The van der Waals surface area contributed by atoms with E-state index in [1.54, 1.807) is 0 Å². The minimum Gasteiger partial charge on any atom is -0.455 e. The molecular formula is C16H26O2. The molecule has 0 heterocycles. The molecule has 0 N–H and O–H groups in total. The molecule has 0 radical (unpaired) electrons. The fourth-order valence-corrected chi connectivity index (χ4v) is 2.49. The molecule has 2 heteroatoms. The van der Waals surface area contributed by atoms with Gasteiger partial charge in [0.1, 0.15) is 5.60 Å². The third kappa shape index (κ3) is 3.72. The zero-order valence-corrected chi connectivity index (χ0v) is 12.4. The first-order valence-corrected chi connectivity index (χ1v) is 6.96. The van der Waals surface area contributed by atoms with Gasteiger partial charge in [-0.25, -0.2) is 4.79 Å². The molecular weight excluding hydrogens is 224 g/mol. The molecule has 0 atom stereocenters. The second-order valence-corrected chi connectivity index (χ2v) is 5.77. The van der Waals surface area contributed by atoms with Crippen LogP contribution in [0.4, 0.5) is 0 Å². The fraction of sp³-hybridized carbons (Fsp3) is 0.688. The van der Waals surface area contributed by atoms with E-state index >= 15 is 0 Å². The first-order chi connectivity index (χ1) is 8.40. The normalized spacial score (nSPS) is 17.2. The minimum atomic E-state index is -0.201. The van der Waals surface area contributed by atoms with Crippen molar-refractivity contribution in [2.75, 3.05) is 0 Å². The van der Waals surface area contributed by atoms with E-state index in [1.165, 1.54) is 12.8 Å². The monoisotopic (exact) mass is 250 g/mol. The molecule has 1 saturated carbocycles. The van der Waals surface area contributed by atoms with Gasteiger partial charge in [-0.05, 0) is 65.9 Å². The molecule has 1 aliphatic carbocycles. The summed E-state index contributed by atoms with van der Waals surface area (Å²) < 4.78 is 5.83. The Kier molecular flexibility index (Phi) is 5.18. The van der Waals surface area contributed by atoms with Gasteiger partial charge >= 0.3 is 5.97 Å². The van der Waals surface area contributed by atoms with Crippen molar-refractivity contribution in [1.29, 1.82) is 0 Å². The van der Waals surface area contributed by atoms with Crippen molar-refractivity contribution in [3.63, 3.8) is 0 Å². The molecule has 0 spiro atoms. The van der Waals surface area contributed by atoms with Crippen molar-refractivity contribution in [1.82, 2.24) is 0 Å². The van der Waals surface area contributed by atoms with Gasteiger partial charge in [0, 0.05) is 0 Å². The van der Waals surface area contributed by atoms with Crippen LogP contribution in [0.1, 0.15) is 66.7 Å². The summed E-state index contributed by atoms with van der Waals surface area (Å²) in [4.78, 5) is 12.3. The van der Waals surface area contributed by atoms with Gasteiger partial charge in [-0.2, -0.15) is 0 Å². The Morgan fingerprint density at radius 2 is 1.72 bits per heavy atom. The molecule has 0 unspecified atom stereocenters. The third-order valence-electron chi connectivity index (χ3n) is 3.66. The van der Waals surface area contributed by atoms with Crippen LogP contribution < -0.4 is 0 Å². The maximum Gasteiger partial charge on any atom is 0.338 e. The number of hydrogen-bond acceptors (Lipinski definition) is 2. The number of esters is 1. The first-order valence-electron chi connectivity index (χ1n) is 6.96. The Morgan fingerprint density at radius 1 is 1.17 bits per heavy atom. The summed E-state index contributed by atoms with van der Waals surface area (Å²) >= 11 is 0. The lowest BCUT2D eigenvalue weighted by Gasteiger charge is -2.28. The van der Waals surface area contributed by atoms with Crippen molar-refractivity contribution in [3.8, 4) is 0 Å². The zero-order chi connectivity index (χ0) is 13.8. The molecule has 0 aliphatic heterocycles. The number of ether oxygens (including phenoxy) is 1. The van der Waals surface area contributed by atoms with Gasteiger partial charge in [-0.15, -0.1) is 0 Å². The van der Waals surface area contributed by atoms with E-state index in [0.29, 0.717) is 0 Å². The summed E-state index contributed by atoms with van der Waals surface area (Å²) in [6.45, 7) is 10.0. The van der Waals surface area contributed by atoms with Crippen LogP contribution >= 0.6 is 0 Å². The van der Waals surface area contributed by atoms with Crippen molar-refractivity contribution >= 4 is 5.97 Å². The Hall–Kier alpha value is -1.05. The Labute approximate surface area is 111 Å². The smallest absolute Gasteiger partial charge is 0.338 e. The van der Waals surface area contributed by atoms with Gasteiger partial charge in [-0.3, -0.25) is 0 Å². The van der Waals surface area contributed by atoms with E-state index in [2.05, 4.69) is 6.92 Å². The second-order valence-electron chi connectivity index (χ2n) is 5.77. The number of allylic oxidation sites excluding steroid dienone is 2. The highest BCUT2D eigenvalue weighted by Gasteiger charge is 2.36. The van der Waals surface area contributed by atoms with Crippen LogP contribution in [0.25, 0.3) is 0 Å². The predicted octanol–water partition coefficient (Wildman–Crippen LogP) is 4.56. The van der Waals surface area contributed by atoms with Crippen LogP contribution in [0, 0.1) is 0 Å². The molecule has 0 aromatic rings. The molecule has 2 nitrogen and oxygen atoms in total. The SMILES string of the molecule is CCC1(OC(=O)C(C=C(C)C)=C(C)C)CCCC1. The Bertz CT molecular complexity index is 361. The summed E-state index contributed by atoms with van der Waals surface area (Å²) in [5.41, 5.74) is 2.66. The topological polar surface area (TPSA) is 26.3 Å². The average Bonchev–Trinajstić information content (AvgIpc) is 2.74. The number of carbonyl (C=O) groups excluding carboxylic acids is 1. The lowest BCUT2D eigenvalue weighted by atomic mass is 9.98. The zero-order valence-electron chi connectivity index (χ0n) is 12.4. The molecule has 1 aliphatic rings. The summed E-state index contributed by atoms with van der Waals surface area (Å²) in [6, 6.07) is 0. The maximum atomic E-state index is 12.3. The van der Waals surface area contributed by atoms with Crippen LogP contribution in [-0.4, -0.2) is 11.6 Å². The van der Waals surface area contributed by atoms with E-state index in [-0.39, 0.29) is 11.6 Å². The lowest BCUT2D eigenvalue weighted by Crippen LogP contribution is -2.31. The third-order valence-corrected chi connectivity index (χ3v) is 3.66. The summed E-state index contributed by atoms with van der Waals surface area (Å²) in [5.74, 6) is -0.153. The minimum absolute atomic E-state index is 0.153. The van der Waals surface area contributed by atoms with Crippen LogP contribution in [0.2, 0.25) is 0 Å². The van der Waals surface area contributed by atoms with Crippen molar-refractivity contribution in [2.24, 2.45) is 0 Å². The molecule has 0 aromatic heterocycles. The highest BCUT2D eigenvalue weighted by Crippen LogP contribution is 2.36. The van der Waals surface area contributed by atoms with E-state index in [0.717, 1.165) is 36.0 Å². The van der Waals surface area contributed by atoms with Crippen LogP contribution in [0.15, 0.2) is 22.8 Å². The van der Waals surface area contributed by atoms with Crippen molar-refractivity contribution < 1.29 is 9.53 Å². The molecule has 102 valence electrons. The average molecular weight is 250 g/mol. The summed E-state index contributed by atoms with van der Waals surface area (Å²) in [5, 5.41) is 0. The number of carbonyl (C=O) groups is 1. The van der Waals surface area contributed by atoms with Gasteiger partial charge in [0.05, 0.1) is 5.57 Å². The highest BCUT2D eigenvalue weighted by atomic mass is 16.6. The number of hydrogen-bond donors (Lipinski definition) is 0. The van der Waals surface area contributed by atoms with Crippen molar-refractivity contribution in [2.45, 2.75) is 72.3 Å². The van der Waals surface area contributed by atoms with Crippen LogP contribution in [-0.2, 0) is 9.53 Å². The molecule has 0 aromatic carbocycles. The van der Waals surface area contributed by atoms with Gasteiger partial charge in [-0.1, -0.05) is 18.1 Å². The van der Waals surface area contributed by atoms with Crippen LogP contribution in [0.3, 0.4) is 0 Å². The molecule has 1 fully saturated rings. The summed E-state index contributed by atoms with van der Waals surface area (Å²) in [7, 11) is 0. The molecule has 1 rings (SSSR count). The fourth-order valence-electron chi connectivity index (χ4n) is 2.49. The van der Waals surface area contributed by atoms with Gasteiger partial charge in [0.15, 0.2) is 0 Å². The van der Waals surface area contributed by atoms with Crippen LogP contribution in [0.5, 0.6) is 0 Å². The molecule has 0 amide bonds. The van der Waals surface area contributed by atoms with Crippen molar-refractivity contribution in [3.05, 3.63) is 22.8 Å². The standard InChI is InChI=1S/C16H26O2/c1-6-16(9-7-8-10-16)18-15(17)14(13(4)5)11-12(2)3/h11H,6-10H2,1-5H3. The van der Waals surface area contributed by atoms with E-state index in [9.17, 15) is 4.79 Å². The Balaban J connectivity index is 2.86. The summed E-state index contributed by atoms with van der Waals surface area (Å²) in [6.07, 6.45) is 7.22. The highest BCUT2D eigenvalue weighted by molar-refractivity contribution is 5.92. The maximum absolute atomic E-state index is 12.3. The van der Waals surface area contributed by atoms with E-state index < -0.39 is 0 Å².